The topological polar surface area (TPSA) is 77.0 Å². The maximum Gasteiger partial charge on any atom is 0.0724 e. The number of nitrogens with zero attached hydrogens (tertiary/aromatic N) is 1. The number of nitrogens with one attached hydrogen (secondary N) is 1. The van der Waals surface area contributed by atoms with Crippen molar-refractivity contribution in [2.24, 2.45) is 5.73 Å². The summed E-state index contributed by atoms with van der Waals surface area (Å²) in [6, 6.07) is 15.7. The highest BCUT2D eigenvalue weighted by Crippen LogP contribution is 2.26. The molecule has 1 heterocycles. The maximum absolute atomic E-state index is 5.86. The van der Waals surface area contributed by atoms with Gasteiger partial charge in [0.1, 0.15) is 0 Å². The second-order valence-electron chi connectivity index (χ2n) is 4.66. The number of hydrogen-bond donors (Lipinski definition) is 3. The summed E-state index contributed by atoms with van der Waals surface area (Å²) in [6.07, 6.45) is 1.79. The van der Waals surface area contributed by atoms with Gasteiger partial charge in [-0.05, 0) is 42.0 Å². The monoisotopic (exact) mass is 264 g/mol. The molecule has 0 atom stereocenters. The summed E-state index contributed by atoms with van der Waals surface area (Å²) < 4.78 is 0. The van der Waals surface area contributed by atoms with E-state index in [0.717, 1.165) is 33.5 Å². The smallest absolute Gasteiger partial charge is 0.0724 e. The normalized spacial score (nSPS) is 10.7. The van der Waals surface area contributed by atoms with E-state index in [-0.39, 0.29) is 0 Å². The molecule has 0 amide bonds. The molecule has 0 aliphatic rings. The molecular weight excluding hydrogens is 248 g/mol. The number of benzene rings is 2. The average Bonchev–Trinajstić information content (AvgIpc) is 2.48. The van der Waals surface area contributed by atoms with Gasteiger partial charge < -0.3 is 16.8 Å². The van der Waals surface area contributed by atoms with Crippen LogP contribution in [0.1, 0.15) is 5.56 Å². The lowest BCUT2D eigenvalue weighted by molar-refractivity contribution is 1.07. The van der Waals surface area contributed by atoms with Crippen LogP contribution in [0.2, 0.25) is 0 Å². The van der Waals surface area contributed by atoms with Gasteiger partial charge in [0.05, 0.1) is 5.52 Å². The Hall–Kier alpha value is -2.59. The fourth-order valence-corrected chi connectivity index (χ4v) is 2.20. The van der Waals surface area contributed by atoms with Crippen LogP contribution in [-0.4, -0.2) is 4.98 Å². The van der Waals surface area contributed by atoms with Gasteiger partial charge in [-0.2, -0.15) is 0 Å². The molecule has 0 saturated heterocycles. The van der Waals surface area contributed by atoms with E-state index in [0.29, 0.717) is 6.54 Å². The van der Waals surface area contributed by atoms with E-state index in [1.165, 1.54) is 0 Å². The molecule has 0 fully saturated rings. The molecule has 3 rings (SSSR count). The van der Waals surface area contributed by atoms with Crippen LogP contribution in [0.3, 0.4) is 0 Å². The van der Waals surface area contributed by atoms with Crippen molar-refractivity contribution in [2.75, 3.05) is 11.1 Å². The molecule has 1 aromatic heterocycles. The highest BCUT2D eigenvalue weighted by molar-refractivity contribution is 5.94. The summed E-state index contributed by atoms with van der Waals surface area (Å²) in [6.45, 7) is 0.527. The Labute approximate surface area is 117 Å². The van der Waals surface area contributed by atoms with Crippen LogP contribution in [0.5, 0.6) is 0 Å². The van der Waals surface area contributed by atoms with Crippen LogP contribution < -0.4 is 16.8 Å². The van der Waals surface area contributed by atoms with Crippen molar-refractivity contribution in [3.63, 3.8) is 0 Å². The van der Waals surface area contributed by atoms with Crippen molar-refractivity contribution >= 4 is 28.0 Å². The second kappa shape index (κ2) is 5.19. The molecule has 0 aliphatic carbocycles. The molecule has 5 N–H and O–H groups in total. The third kappa shape index (κ3) is 2.41. The third-order valence-electron chi connectivity index (χ3n) is 3.21. The molecule has 4 nitrogen and oxygen atoms in total. The summed E-state index contributed by atoms with van der Waals surface area (Å²) in [5, 5.41) is 4.40. The first-order valence-electron chi connectivity index (χ1n) is 6.46. The predicted molar refractivity (Wildman–Crippen MR) is 83.8 cm³/mol. The van der Waals surface area contributed by atoms with Gasteiger partial charge in [-0.15, -0.1) is 0 Å². The van der Waals surface area contributed by atoms with Gasteiger partial charge in [0.15, 0.2) is 0 Å². The van der Waals surface area contributed by atoms with E-state index >= 15 is 0 Å². The number of nitrogens with two attached hydrogens (primary N) is 2. The Bertz CT molecular complexity index is 752. The van der Waals surface area contributed by atoms with E-state index in [9.17, 15) is 0 Å². The number of rotatable bonds is 3. The summed E-state index contributed by atoms with van der Waals surface area (Å²) in [7, 11) is 0. The quantitative estimate of drug-likeness (QED) is 0.635. The molecule has 0 bridgehead atoms. The van der Waals surface area contributed by atoms with Crippen LogP contribution >= 0.6 is 0 Å². The van der Waals surface area contributed by atoms with Gasteiger partial charge in [0.2, 0.25) is 0 Å². The Kier molecular flexibility index (Phi) is 3.23. The molecule has 0 saturated carbocycles. The fraction of sp³-hybridized carbons (Fsp3) is 0.0625. The SMILES string of the molecule is NCc1cccc(Nc2ccnc3ccc(N)cc23)c1. The van der Waals surface area contributed by atoms with Gasteiger partial charge in [-0.3, -0.25) is 4.98 Å². The fourth-order valence-electron chi connectivity index (χ4n) is 2.20. The van der Waals surface area contributed by atoms with Gasteiger partial charge in [0.25, 0.3) is 0 Å². The van der Waals surface area contributed by atoms with Crippen molar-refractivity contribution in [3.8, 4) is 0 Å². The molecular formula is C16H16N4. The van der Waals surface area contributed by atoms with Crippen molar-refractivity contribution in [2.45, 2.75) is 6.54 Å². The maximum atomic E-state index is 5.86. The lowest BCUT2D eigenvalue weighted by Crippen LogP contribution is -1.98. The highest BCUT2D eigenvalue weighted by Gasteiger charge is 2.03. The molecule has 0 spiro atoms. The molecule has 2 aromatic carbocycles. The summed E-state index contributed by atoms with van der Waals surface area (Å²) >= 11 is 0. The zero-order chi connectivity index (χ0) is 13.9. The standard InChI is InChI=1S/C16H16N4/c17-10-11-2-1-3-13(8-11)20-16-6-7-19-15-5-4-12(18)9-14(15)16/h1-9H,10,17-18H2,(H,19,20). The number of hydrogen-bond acceptors (Lipinski definition) is 4. The molecule has 4 heteroatoms. The van der Waals surface area contributed by atoms with E-state index < -0.39 is 0 Å². The molecule has 0 aliphatic heterocycles. The number of pyridine rings is 1. The molecule has 20 heavy (non-hydrogen) atoms. The van der Waals surface area contributed by atoms with Crippen LogP contribution in [0.25, 0.3) is 10.9 Å². The van der Waals surface area contributed by atoms with Crippen LogP contribution in [-0.2, 0) is 6.54 Å². The first-order chi connectivity index (χ1) is 9.76. The Morgan fingerprint density at radius 2 is 1.95 bits per heavy atom. The lowest BCUT2D eigenvalue weighted by Gasteiger charge is -2.11. The van der Waals surface area contributed by atoms with E-state index in [1.54, 1.807) is 6.20 Å². The first-order valence-corrected chi connectivity index (χ1v) is 6.46. The summed E-state index contributed by atoms with van der Waals surface area (Å²) in [5.41, 5.74) is 16.2. The Morgan fingerprint density at radius 1 is 1.05 bits per heavy atom. The van der Waals surface area contributed by atoms with Gasteiger partial charge in [0, 0.05) is 35.2 Å². The van der Waals surface area contributed by atoms with Crippen molar-refractivity contribution in [1.82, 2.24) is 4.98 Å². The summed E-state index contributed by atoms with van der Waals surface area (Å²) in [4.78, 5) is 4.34. The first kappa shape index (κ1) is 12.4. The molecule has 3 aromatic rings. The molecule has 0 radical (unpaired) electrons. The number of aromatic nitrogens is 1. The largest absolute Gasteiger partial charge is 0.399 e. The van der Waals surface area contributed by atoms with Gasteiger partial charge in [-0.1, -0.05) is 12.1 Å². The highest BCUT2D eigenvalue weighted by atomic mass is 14.9. The number of fused-ring (bicyclic) bond motifs is 1. The van der Waals surface area contributed by atoms with Gasteiger partial charge >= 0.3 is 0 Å². The van der Waals surface area contributed by atoms with E-state index in [1.807, 2.05) is 48.5 Å². The van der Waals surface area contributed by atoms with Crippen LogP contribution in [0.15, 0.2) is 54.7 Å². The van der Waals surface area contributed by atoms with E-state index in [2.05, 4.69) is 10.3 Å². The summed E-state index contributed by atoms with van der Waals surface area (Å²) in [5.74, 6) is 0. The number of nitrogen functional groups attached to an aromatic ring is 1. The van der Waals surface area contributed by atoms with Crippen molar-refractivity contribution < 1.29 is 0 Å². The minimum absolute atomic E-state index is 0.527. The minimum Gasteiger partial charge on any atom is -0.399 e. The number of anilines is 3. The zero-order valence-electron chi connectivity index (χ0n) is 11.0. The molecule has 100 valence electrons. The minimum atomic E-state index is 0.527. The van der Waals surface area contributed by atoms with E-state index in [4.69, 9.17) is 11.5 Å². The zero-order valence-corrected chi connectivity index (χ0v) is 11.0. The Balaban J connectivity index is 2.03. The second-order valence-corrected chi connectivity index (χ2v) is 4.66. The third-order valence-corrected chi connectivity index (χ3v) is 3.21. The Morgan fingerprint density at radius 3 is 2.80 bits per heavy atom. The lowest BCUT2D eigenvalue weighted by atomic mass is 10.1. The van der Waals surface area contributed by atoms with Crippen molar-refractivity contribution in [1.29, 1.82) is 0 Å². The van der Waals surface area contributed by atoms with Gasteiger partial charge in [-0.25, -0.2) is 0 Å². The molecule has 0 unspecified atom stereocenters. The van der Waals surface area contributed by atoms with Crippen LogP contribution in [0.4, 0.5) is 17.1 Å². The average molecular weight is 264 g/mol. The predicted octanol–water partition coefficient (Wildman–Crippen LogP) is 3.02. The van der Waals surface area contributed by atoms with Crippen LogP contribution in [0, 0.1) is 0 Å². The van der Waals surface area contributed by atoms with Crippen molar-refractivity contribution in [3.05, 3.63) is 60.3 Å².